The molecule has 0 spiro atoms. The first-order valence-electron chi connectivity index (χ1n) is 8.23. The lowest BCUT2D eigenvalue weighted by Crippen LogP contribution is -2.41. The summed E-state index contributed by atoms with van der Waals surface area (Å²) in [6.07, 6.45) is 1.95. The molecule has 0 bridgehead atoms. The van der Waals surface area contributed by atoms with E-state index < -0.39 is 10.0 Å². The standard InChI is InChI=1S/C19H22N2O3S/c1-15-7-9-16(10-8-15)13-20(25(2,23)24)14-19(22)21-12-11-17-5-3-4-6-18(17)21/h3-10H,11-14H2,1-2H3. The van der Waals surface area contributed by atoms with Crippen molar-refractivity contribution in [1.82, 2.24) is 4.31 Å². The summed E-state index contributed by atoms with van der Waals surface area (Å²) in [5.74, 6) is -0.192. The number of sulfonamides is 1. The van der Waals surface area contributed by atoms with Crippen LogP contribution in [0.1, 0.15) is 16.7 Å². The molecule has 2 aromatic carbocycles. The molecule has 0 saturated heterocycles. The first-order chi connectivity index (χ1) is 11.8. The summed E-state index contributed by atoms with van der Waals surface area (Å²) in [7, 11) is -3.49. The maximum absolute atomic E-state index is 12.7. The second-order valence-corrected chi connectivity index (χ2v) is 8.42. The zero-order valence-electron chi connectivity index (χ0n) is 14.5. The van der Waals surface area contributed by atoms with Gasteiger partial charge in [-0.15, -0.1) is 0 Å². The molecule has 0 unspecified atom stereocenters. The van der Waals surface area contributed by atoms with E-state index in [0.29, 0.717) is 6.54 Å². The highest BCUT2D eigenvalue weighted by atomic mass is 32.2. The molecule has 0 atom stereocenters. The Balaban J connectivity index is 1.77. The van der Waals surface area contributed by atoms with E-state index >= 15 is 0 Å². The lowest BCUT2D eigenvalue weighted by Gasteiger charge is -2.24. The van der Waals surface area contributed by atoms with Crippen LogP contribution in [0.25, 0.3) is 0 Å². The molecule has 3 rings (SSSR count). The van der Waals surface area contributed by atoms with Crippen molar-refractivity contribution in [1.29, 1.82) is 0 Å². The predicted molar refractivity (Wildman–Crippen MR) is 98.9 cm³/mol. The number of nitrogens with zero attached hydrogens (tertiary/aromatic N) is 2. The van der Waals surface area contributed by atoms with Gasteiger partial charge in [0.25, 0.3) is 0 Å². The number of carbonyl (C=O) groups excluding carboxylic acids is 1. The van der Waals surface area contributed by atoms with Crippen LogP contribution >= 0.6 is 0 Å². The number of rotatable bonds is 5. The normalized spacial score (nSPS) is 14.0. The van der Waals surface area contributed by atoms with Gasteiger partial charge in [-0.25, -0.2) is 8.42 Å². The van der Waals surface area contributed by atoms with Gasteiger partial charge in [0.2, 0.25) is 15.9 Å². The van der Waals surface area contributed by atoms with Gasteiger partial charge >= 0.3 is 0 Å². The largest absolute Gasteiger partial charge is 0.311 e. The highest BCUT2D eigenvalue weighted by molar-refractivity contribution is 7.88. The van der Waals surface area contributed by atoms with Crippen molar-refractivity contribution in [3.63, 3.8) is 0 Å². The summed E-state index contributed by atoms with van der Waals surface area (Å²) in [4.78, 5) is 14.4. The molecule has 1 aliphatic rings. The molecule has 25 heavy (non-hydrogen) atoms. The lowest BCUT2D eigenvalue weighted by molar-refractivity contribution is -0.118. The van der Waals surface area contributed by atoms with Gasteiger partial charge in [0.05, 0.1) is 12.8 Å². The maximum atomic E-state index is 12.7. The SMILES string of the molecule is Cc1ccc(CN(CC(=O)N2CCc3ccccc32)S(C)(=O)=O)cc1. The van der Waals surface area contributed by atoms with E-state index in [2.05, 4.69) is 0 Å². The fraction of sp³-hybridized carbons (Fsp3) is 0.316. The molecule has 2 aromatic rings. The summed E-state index contributed by atoms with van der Waals surface area (Å²) >= 11 is 0. The molecule has 0 N–H and O–H groups in total. The van der Waals surface area contributed by atoms with Gasteiger partial charge < -0.3 is 4.90 Å². The molecule has 0 aliphatic carbocycles. The average Bonchev–Trinajstić information content (AvgIpc) is 2.99. The second-order valence-electron chi connectivity index (χ2n) is 6.44. The average molecular weight is 358 g/mol. The number of aryl methyl sites for hydroxylation is 1. The van der Waals surface area contributed by atoms with E-state index in [-0.39, 0.29) is 19.0 Å². The number of hydrogen-bond acceptors (Lipinski definition) is 3. The van der Waals surface area contributed by atoms with E-state index in [0.717, 1.165) is 35.1 Å². The smallest absolute Gasteiger partial charge is 0.242 e. The Morgan fingerprint density at radius 2 is 1.80 bits per heavy atom. The summed E-state index contributed by atoms with van der Waals surface area (Å²) in [5, 5.41) is 0. The number of carbonyl (C=O) groups is 1. The van der Waals surface area contributed by atoms with Crippen molar-refractivity contribution in [3.05, 3.63) is 65.2 Å². The zero-order valence-corrected chi connectivity index (χ0v) is 15.3. The molecule has 1 amide bonds. The monoisotopic (exact) mass is 358 g/mol. The van der Waals surface area contributed by atoms with Gasteiger partial charge in [0, 0.05) is 18.8 Å². The Hall–Kier alpha value is -2.18. The van der Waals surface area contributed by atoms with Gasteiger partial charge in [-0.05, 0) is 30.5 Å². The number of fused-ring (bicyclic) bond motifs is 1. The molecule has 132 valence electrons. The van der Waals surface area contributed by atoms with E-state index in [1.807, 2.05) is 55.5 Å². The van der Waals surface area contributed by atoms with Crippen molar-refractivity contribution in [2.75, 3.05) is 24.2 Å². The highest BCUT2D eigenvalue weighted by Crippen LogP contribution is 2.27. The van der Waals surface area contributed by atoms with Crippen molar-refractivity contribution < 1.29 is 13.2 Å². The minimum atomic E-state index is -3.49. The van der Waals surface area contributed by atoms with E-state index in [1.54, 1.807) is 4.90 Å². The van der Waals surface area contributed by atoms with Crippen LogP contribution in [0.15, 0.2) is 48.5 Å². The third-order valence-electron chi connectivity index (χ3n) is 4.45. The Bertz CT molecular complexity index is 876. The van der Waals surface area contributed by atoms with Crippen LogP contribution in [0.2, 0.25) is 0 Å². The first-order valence-corrected chi connectivity index (χ1v) is 10.1. The number of benzene rings is 2. The van der Waals surface area contributed by atoms with E-state index in [4.69, 9.17) is 0 Å². The molecular formula is C19H22N2O3S. The minimum absolute atomic E-state index is 0.152. The van der Waals surface area contributed by atoms with Crippen LogP contribution in [-0.2, 0) is 27.8 Å². The van der Waals surface area contributed by atoms with Crippen molar-refractivity contribution in [2.45, 2.75) is 19.9 Å². The quantitative estimate of drug-likeness (QED) is 0.824. The van der Waals surface area contributed by atoms with Crippen LogP contribution in [0.4, 0.5) is 5.69 Å². The van der Waals surface area contributed by atoms with Crippen molar-refractivity contribution in [3.8, 4) is 0 Å². The topological polar surface area (TPSA) is 57.7 Å². The van der Waals surface area contributed by atoms with Crippen LogP contribution < -0.4 is 4.90 Å². The molecule has 1 aliphatic heterocycles. The van der Waals surface area contributed by atoms with Crippen LogP contribution in [0, 0.1) is 6.92 Å². The third-order valence-corrected chi connectivity index (χ3v) is 5.64. The Labute approximate surface area is 148 Å². The highest BCUT2D eigenvalue weighted by Gasteiger charge is 2.28. The van der Waals surface area contributed by atoms with Gasteiger partial charge in [-0.1, -0.05) is 48.0 Å². The molecule has 0 radical (unpaired) electrons. The number of anilines is 1. The molecular weight excluding hydrogens is 336 g/mol. The van der Waals surface area contributed by atoms with Gasteiger partial charge in [-0.3, -0.25) is 4.79 Å². The first kappa shape index (κ1) is 17.6. The molecule has 0 aromatic heterocycles. The van der Waals surface area contributed by atoms with Crippen LogP contribution in [-0.4, -0.2) is 38.0 Å². The second kappa shape index (κ2) is 6.98. The Kier molecular flexibility index (Phi) is 4.92. The van der Waals surface area contributed by atoms with Gasteiger partial charge in [-0.2, -0.15) is 4.31 Å². The Morgan fingerprint density at radius 3 is 2.48 bits per heavy atom. The van der Waals surface area contributed by atoms with E-state index in [9.17, 15) is 13.2 Å². The number of para-hydroxylation sites is 1. The van der Waals surface area contributed by atoms with Crippen LogP contribution in [0.3, 0.4) is 0 Å². The Morgan fingerprint density at radius 1 is 1.12 bits per heavy atom. The summed E-state index contributed by atoms with van der Waals surface area (Å²) in [6.45, 7) is 2.62. The summed E-state index contributed by atoms with van der Waals surface area (Å²) < 4.78 is 25.5. The molecule has 1 heterocycles. The fourth-order valence-electron chi connectivity index (χ4n) is 3.02. The van der Waals surface area contributed by atoms with Crippen LogP contribution in [0.5, 0.6) is 0 Å². The van der Waals surface area contributed by atoms with Gasteiger partial charge in [0.1, 0.15) is 0 Å². The van der Waals surface area contributed by atoms with E-state index in [1.165, 1.54) is 4.31 Å². The molecule has 6 heteroatoms. The van der Waals surface area contributed by atoms with Crippen molar-refractivity contribution in [2.24, 2.45) is 0 Å². The third kappa shape index (κ3) is 4.08. The van der Waals surface area contributed by atoms with Crippen molar-refractivity contribution >= 4 is 21.6 Å². The zero-order chi connectivity index (χ0) is 18.0. The molecule has 0 fully saturated rings. The maximum Gasteiger partial charge on any atom is 0.242 e. The summed E-state index contributed by atoms with van der Waals surface area (Å²) in [5.41, 5.74) is 3.99. The fourth-order valence-corrected chi connectivity index (χ4v) is 3.75. The molecule has 5 nitrogen and oxygen atoms in total. The number of hydrogen-bond donors (Lipinski definition) is 0. The van der Waals surface area contributed by atoms with Gasteiger partial charge in [0.15, 0.2) is 0 Å². The minimum Gasteiger partial charge on any atom is -0.311 e. The molecule has 0 saturated carbocycles. The number of amides is 1. The lowest BCUT2D eigenvalue weighted by atomic mass is 10.1. The summed E-state index contributed by atoms with van der Waals surface area (Å²) in [6, 6.07) is 15.4. The predicted octanol–water partition coefficient (Wildman–Crippen LogP) is 2.35.